The number of aryl methyl sites for hydroxylation is 1. The van der Waals surface area contributed by atoms with Crippen LogP contribution in [0.5, 0.6) is 0 Å². The van der Waals surface area contributed by atoms with E-state index in [1.807, 2.05) is 18.2 Å². The molecule has 0 bridgehead atoms. The van der Waals surface area contributed by atoms with Crippen LogP contribution in [0.15, 0.2) is 49.1 Å². The minimum atomic E-state index is -0.898. The first-order valence-corrected chi connectivity index (χ1v) is 9.68. The Hall–Kier alpha value is -2.35. The van der Waals surface area contributed by atoms with Crippen LogP contribution in [-0.4, -0.2) is 11.1 Å². The highest BCUT2D eigenvalue weighted by atomic mass is 16.4. The van der Waals surface area contributed by atoms with Gasteiger partial charge in [0.05, 0.1) is 5.56 Å². The van der Waals surface area contributed by atoms with Crippen LogP contribution >= 0.6 is 0 Å². The normalized spacial score (nSPS) is 18.4. The summed E-state index contributed by atoms with van der Waals surface area (Å²) in [6.45, 7) is 15.6. The lowest BCUT2D eigenvalue weighted by Gasteiger charge is -2.42. The van der Waals surface area contributed by atoms with Gasteiger partial charge in [-0.1, -0.05) is 58.0 Å². The number of hydrogen-bond acceptors (Lipinski definition) is 1. The second kappa shape index (κ2) is 6.67. The fourth-order valence-electron chi connectivity index (χ4n) is 4.35. The molecule has 0 spiro atoms. The number of hydrogen-bond donors (Lipinski definition) is 1. The number of rotatable bonds is 4. The highest BCUT2D eigenvalue weighted by Crippen LogP contribution is 2.47. The summed E-state index contributed by atoms with van der Waals surface area (Å²) in [4.78, 5) is 11.1. The van der Waals surface area contributed by atoms with E-state index in [0.29, 0.717) is 5.56 Å². The van der Waals surface area contributed by atoms with Gasteiger partial charge in [-0.25, -0.2) is 4.79 Å². The van der Waals surface area contributed by atoms with E-state index in [9.17, 15) is 4.79 Å². The second-order valence-electron chi connectivity index (χ2n) is 9.16. The van der Waals surface area contributed by atoms with Gasteiger partial charge in [-0.15, -0.1) is 6.58 Å². The van der Waals surface area contributed by atoms with Crippen molar-refractivity contribution in [3.8, 4) is 0 Å². The Balaban J connectivity index is 2.13. The van der Waals surface area contributed by atoms with Crippen LogP contribution in [0.2, 0.25) is 0 Å². The van der Waals surface area contributed by atoms with Crippen molar-refractivity contribution in [1.29, 1.82) is 0 Å². The van der Waals surface area contributed by atoms with Crippen molar-refractivity contribution in [3.63, 3.8) is 0 Å². The molecule has 0 aromatic heterocycles. The Morgan fingerprint density at radius 1 is 1.04 bits per heavy atom. The lowest BCUT2D eigenvalue weighted by molar-refractivity contribution is 0.0697. The molecule has 0 saturated heterocycles. The average Bonchev–Trinajstić information content (AvgIpc) is 2.61. The van der Waals surface area contributed by atoms with E-state index < -0.39 is 5.97 Å². The summed E-state index contributed by atoms with van der Waals surface area (Å²) in [7, 11) is 0. The molecule has 2 aromatic carbocycles. The first kappa shape index (κ1) is 19.4. The lowest BCUT2D eigenvalue weighted by Crippen LogP contribution is -2.34. The van der Waals surface area contributed by atoms with Crippen molar-refractivity contribution in [2.75, 3.05) is 0 Å². The fourth-order valence-corrected chi connectivity index (χ4v) is 4.35. The van der Waals surface area contributed by atoms with Gasteiger partial charge in [-0.3, -0.25) is 0 Å². The number of fused-ring (bicyclic) bond motifs is 1. The number of allylic oxidation sites excluding steroid dienone is 1. The maximum atomic E-state index is 11.1. The Kier molecular flexibility index (Phi) is 4.80. The van der Waals surface area contributed by atoms with Crippen molar-refractivity contribution in [2.45, 2.75) is 64.2 Å². The number of benzene rings is 2. The van der Waals surface area contributed by atoms with E-state index in [-0.39, 0.29) is 16.7 Å². The predicted molar refractivity (Wildman–Crippen MR) is 112 cm³/mol. The van der Waals surface area contributed by atoms with E-state index >= 15 is 0 Å². The smallest absolute Gasteiger partial charge is 0.335 e. The van der Waals surface area contributed by atoms with Gasteiger partial charge < -0.3 is 5.11 Å². The van der Waals surface area contributed by atoms with Gasteiger partial charge in [-0.05, 0) is 70.5 Å². The van der Waals surface area contributed by atoms with Crippen molar-refractivity contribution >= 4 is 5.97 Å². The van der Waals surface area contributed by atoms with Gasteiger partial charge in [-0.2, -0.15) is 0 Å². The van der Waals surface area contributed by atoms with E-state index in [1.54, 1.807) is 12.1 Å². The summed E-state index contributed by atoms with van der Waals surface area (Å²) in [6.07, 6.45) is 4.35. The van der Waals surface area contributed by atoms with E-state index in [2.05, 4.69) is 53.3 Å². The zero-order chi connectivity index (χ0) is 20.0. The molecule has 0 fully saturated rings. The number of carboxylic acid groups (broad SMARTS) is 1. The summed E-state index contributed by atoms with van der Waals surface area (Å²) in [6, 6.07) is 11.9. The molecular weight excluding hydrogens is 332 g/mol. The summed E-state index contributed by atoms with van der Waals surface area (Å²) >= 11 is 0. The van der Waals surface area contributed by atoms with E-state index in [1.165, 1.54) is 35.1 Å². The number of carbonyl (C=O) groups is 1. The molecule has 1 aliphatic carbocycles. The Morgan fingerprint density at radius 2 is 1.56 bits per heavy atom. The molecule has 1 atom stereocenters. The highest BCUT2D eigenvalue weighted by molar-refractivity contribution is 5.87. The largest absolute Gasteiger partial charge is 0.478 e. The summed E-state index contributed by atoms with van der Waals surface area (Å²) in [5.41, 5.74) is 7.17. The van der Waals surface area contributed by atoms with Gasteiger partial charge in [0, 0.05) is 5.92 Å². The van der Waals surface area contributed by atoms with Crippen LogP contribution in [0.1, 0.15) is 84.6 Å². The summed E-state index contributed by atoms with van der Waals surface area (Å²) in [5.74, 6) is -0.843. The zero-order valence-corrected chi connectivity index (χ0v) is 17.1. The number of aromatic carboxylic acids is 1. The quantitative estimate of drug-likeness (QED) is 0.643. The molecule has 0 heterocycles. The predicted octanol–water partition coefficient (Wildman–Crippen LogP) is 6.36. The SMILES string of the molecule is C=CC(c1ccc(C(=O)O)cc1)c1cc2c(cc1C)C(C)(C)CCC2(C)C. The summed E-state index contributed by atoms with van der Waals surface area (Å²) < 4.78 is 0. The topological polar surface area (TPSA) is 37.3 Å². The van der Waals surface area contributed by atoms with Crippen LogP contribution in [-0.2, 0) is 10.8 Å². The van der Waals surface area contributed by atoms with Crippen LogP contribution in [0.4, 0.5) is 0 Å². The first-order valence-electron chi connectivity index (χ1n) is 9.68. The van der Waals surface area contributed by atoms with Crippen LogP contribution in [0, 0.1) is 6.92 Å². The fraction of sp³-hybridized carbons (Fsp3) is 0.400. The maximum Gasteiger partial charge on any atom is 0.335 e. The van der Waals surface area contributed by atoms with Crippen molar-refractivity contribution in [1.82, 2.24) is 0 Å². The molecule has 0 amide bonds. The van der Waals surface area contributed by atoms with Gasteiger partial charge in [0.1, 0.15) is 0 Å². The molecule has 3 rings (SSSR count). The molecule has 2 heteroatoms. The van der Waals surface area contributed by atoms with Gasteiger partial charge >= 0.3 is 5.97 Å². The van der Waals surface area contributed by atoms with Crippen LogP contribution in [0.3, 0.4) is 0 Å². The third kappa shape index (κ3) is 3.45. The second-order valence-corrected chi connectivity index (χ2v) is 9.16. The molecule has 0 radical (unpaired) electrons. The molecule has 142 valence electrons. The van der Waals surface area contributed by atoms with Crippen molar-refractivity contribution in [3.05, 3.63) is 82.4 Å². The summed E-state index contributed by atoms with van der Waals surface area (Å²) in [5, 5.41) is 9.15. The van der Waals surface area contributed by atoms with Crippen LogP contribution < -0.4 is 0 Å². The minimum absolute atomic E-state index is 0.0546. The standard InChI is InChI=1S/C25H30O2/c1-7-19(17-8-10-18(11-9-17)23(26)27)20-15-22-21(14-16(20)2)24(3,4)12-13-25(22,5)6/h7-11,14-15,19H,1,12-13H2,2-6H3,(H,26,27). The lowest BCUT2D eigenvalue weighted by atomic mass is 9.62. The third-order valence-electron chi connectivity index (χ3n) is 6.33. The van der Waals surface area contributed by atoms with Crippen LogP contribution in [0.25, 0.3) is 0 Å². The minimum Gasteiger partial charge on any atom is -0.478 e. The molecule has 27 heavy (non-hydrogen) atoms. The Bertz CT molecular complexity index is 885. The van der Waals surface area contributed by atoms with E-state index in [0.717, 1.165) is 5.56 Å². The number of carboxylic acids is 1. The van der Waals surface area contributed by atoms with Gasteiger partial charge in [0.15, 0.2) is 0 Å². The third-order valence-corrected chi connectivity index (χ3v) is 6.33. The molecule has 2 nitrogen and oxygen atoms in total. The van der Waals surface area contributed by atoms with Gasteiger partial charge in [0.25, 0.3) is 0 Å². The Labute approximate surface area is 162 Å². The average molecular weight is 363 g/mol. The van der Waals surface area contributed by atoms with Gasteiger partial charge in [0.2, 0.25) is 0 Å². The Morgan fingerprint density at radius 3 is 2.04 bits per heavy atom. The van der Waals surface area contributed by atoms with Crippen molar-refractivity contribution < 1.29 is 9.90 Å². The molecule has 2 aromatic rings. The molecule has 1 N–H and O–H groups in total. The molecule has 0 saturated carbocycles. The van der Waals surface area contributed by atoms with Crippen molar-refractivity contribution in [2.24, 2.45) is 0 Å². The monoisotopic (exact) mass is 362 g/mol. The van der Waals surface area contributed by atoms with E-state index in [4.69, 9.17) is 5.11 Å². The molecule has 0 aliphatic heterocycles. The molecular formula is C25H30O2. The maximum absolute atomic E-state index is 11.1. The zero-order valence-electron chi connectivity index (χ0n) is 17.1. The molecule has 1 aliphatic rings. The highest BCUT2D eigenvalue weighted by Gasteiger charge is 2.37. The molecule has 1 unspecified atom stereocenters. The first-order chi connectivity index (χ1) is 12.6.